The summed E-state index contributed by atoms with van der Waals surface area (Å²) in [7, 11) is 0. The van der Waals surface area contributed by atoms with E-state index < -0.39 is 52.1 Å². The first-order chi connectivity index (χ1) is 15.1. The molecule has 0 spiro atoms. The molecule has 0 aliphatic carbocycles. The van der Waals surface area contributed by atoms with Gasteiger partial charge >= 0.3 is 11.7 Å². The number of amides is 1. The zero-order valence-corrected chi connectivity index (χ0v) is 18.3. The highest BCUT2D eigenvalue weighted by Crippen LogP contribution is 2.15. The smallest absolute Gasteiger partial charge is 0.329 e. The fourth-order valence-electron chi connectivity index (χ4n) is 2.63. The molecule has 1 heterocycles. The number of anilines is 2. The number of H-pyrrole nitrogens is 1. The number of aromatic amines is 1. The first kappa shape index (κ1) is 24.9. The summed E-state index contributed by atoms with van der Waals surface area (Å²) in [6.07, 6.45) is 0.544. The molecule has 172 valence electrons. The molecule has 0 fully saturated rings. The number of carbonyl (C=O) groups is 3. The van der Waals surface area contributed by atoms with E-state index in [4.69, 9.17) is 10.5 Å². The largest absolute Gasteiger partial charge is 0.456 e. The molecule has 0 radical (unpaired) electrons. The van der Waals surface area contributed by atoms with Crippen LogP contribution < -0.4 is 22.3 Å². The highest BCUT2D eigenvalue weighted by Gasteiger charge is 2.23. The maximum atomic E-state index is 12.9. The Kier molecular flexibility index (Phi) is 8.76. The van der Waals surface area contributed by atoms with Crippen molar-refractivity contribution >= 4 is 40.9 Å². The zero-order chi connectivity index (χ0) is 23.8. The maximum Gasteiger partial charge on any atom is 0.329 e. The molecule has 32 heavy (non-hydrogen) atoms. The Labute approximate surface area is 186 Å². The molecule has 1 atom stereocenters. The van der Waals surface area contributed by atoms with E-state index in [2.05, 4.69) is 5.32 Å². The number of nitrogens with zero attached hydrogens (tertiary/aromatic N) is 1. The Bertz CT molecular complexity index is 1110. The van der Waals surface area contributed by atoms with Gasteiger partial charge in [-0.25, -0.2) is 9.18 Å². The highest BCUT2D eigenvalue weighted by atomic mass is 32.2. The lowest BCUT2D eigenvalue weighted by Gasteiger charge is -2.13. The van der Waals surface area contributed by atoms with Gasteiger partial charge in [-0.15, -0.1) is 11.8 Å². The number of carbonyl (C=O) groups excluding carboxylic acids is 3. The summed E-state index contributed by atoms with van der Waals surface area (Å²) < 4.78 is 18.9. The van der Waals surface area contributed by atoms with E-state index in [0.29, 0.717) is 12.1 Å². The molecule has 2 aromatic rings. The van der Waals surface area contributed by atoms with Gasteiger partial charge in [0.15, 0.2) is 6.61 Å². The fourth-order valence-corrected chi connectivity index (χ4v) is 3.31. The van der Waals surface area contributed by atoms with Crippen molar-refractivity contribution < 1.29 is 23.5 Å². The number of benzene rings is 1. The molecule has 0 aliphatic heterocycles. The molecule has 0 saturated heterocycles. The van der Waals surface area contributed by atoms with E-state index >= 15 is 0 Å². The number of nitrogens with one attached hydrogen (secondary N) is 2. The average Bonchev–Trinajstić information content (AvgIpc) is 2.74. The number of Topliss-reactive ketones (excluding diaryl/α,β-unsaturated/α-hetero) is 1. The Hall–Kier alpha value is -3.41. The van der Waals surface area contributed by atoms with Gasteiger partial charge in [0.05, 0.1) is 5.75 Å². The number of thioether (sulfide) groups is 1. The molecule has 2 rings (SSSR count). The van der Waals surface area contributed by atoms with Crippen molar-refractivity contribution in [3.05, 3.63) is 56.5 Å². The minimum Gasteiger partial charge on any atom is -0.456 e. The van der Waals surface area contributed by atoms with Crippen molar-refractivity contribution in [3.8, 4) is 0 Å². The first-order valence-corrected chi connectivity index (χ1v) is 10.7. The van der Waals surface area contributed by atoms with Crippen molar-refractivity contribution in [1.82, 2.24) is 9.55 Å². The number of esters is 1. The predicted molar refractivity (Wildman–Crippen MR) is 118 cm³/mol. The van der Waals surface area contributed by atoms with Crippen LogP contribution in [0.1, 0.15) is 30.6 Å². The normalized spacial score (nSPS) is 11.6. The van der Waals surface area contributed by atoms with Crippen LogP contribution in [0.3, 0.4) is 0 Å². The van der Waals surface area contributed by atoms with E-state index in [1.54, 1.807) is 6.92 Å². The molecule has 4 N–H and O–H groups in total. The summed E-state index contributed by atoms with van der Waals surface area (Å²) in [6.45, 7) is 2.74. The molecule has 12 heteroatoms. The number of aromatic nitrogens is 2. The van der Waals surface area contributed by atoms with Crippen molar-refractivity contribution in [3.63, 3.8) is 0 Å². The fraction of sp³-hybridized carbons (Fsp3) is 0.350. The average molecular weight is 466 g/mol. The number of halogens is 1. The van der Waals surface area contributed by atoms with Crippen LogP contribution in [0.4, 0.5) is 15.9 Å². The Morgan fingerprint density at radius 2 is 1.91 bits per heavy atom. The van der Waals surface area contributed by atoms with Crippen molar-refractivity contribution in [2.24, 2.45) is 0 Å². The maximum absolute atomic E-state index is 12.9. The molecule has 0 saturated carbocycles. The topological polar surface area (TPSA) is 153 Å². The summed E-state index contributed by atoms with van der Waals surface area (Å²) in [5, 5.41) is 1.77. The second kappa shape index (κ2) is 11.3. The Morgan fingerprint density at radius 3 is 2.53 bits per heavy atom. The van der Waals surface area contributed by atoms with E-state index in [9.17, 15) is 28.4 Å². The number of nitrogen functional groups attached to an aromatic ring is 1. The Morgan fingerprint density at radius 1 is 1.25 bits per heavy atom. The van der Waals surface area contributed by atoms with Crippen LogP contribution in [0, 0.1) is 5.82 Å². The third kappa shape index (κ3) is 6.54. The van der Waals surface area contributed by atoms with Gasteiger partial charge in [-0.05, 0) is 37.6 Å². The molecule has 10 nitrogen and oxygen atoms in total. The van der Waals surface area contributed by atoms with E-state index in [1.807, 2.05) is 4.98 Å². The first-order valence-electron chi connectivity index (χ1n) is 9.63. The summed E-state index contributed by atoms with van der Waals surface area (Å²) in [4.78, 5) is 62.3. The van der Waals surface area contributed by atoms with Crippen LogP contribution >= 0.6 is 11.8 Å². The van der Waals surface area contributed by atoms with Gasteiger partial charge in [0.1, 0.15) is 22.4 Å². The van der Waals surface area contributed by atoms with Crippen molar-refractivity contribution in [2.45, 2.75) is 32.1 Å². The molecule has 1 amide bonds. The van der Waals surface area contributed by atoms with Crippen molar-refractivity contribution in [2.75, 3.05) is 23.4 Å². The van der Waals surface area contributed by atoms with Gasteiger partial charge in [0.25, 0.3) is 5.56 Å². The summed E-state index contributed by atoms with van der Waals surface area (Å²) >= 11 is 0.970. The number of hydrogen-bond donors (Lipinski definition) is 3. The van der Waals surface area contributed by atoms with Gasteiger partial charge in [-0.3, -0.25) is 28.7 Å². The molecule has 1 aromatic carbocycles. The molecular weight excluding hydrogens is 443 g/mol. The van der Waals surface area contributed by atoms with Gasteiger partial charge in [0, 0.05) is 12.2 Å². The molecule has 0 bridgehead atoms. The number of ether oxygens (including phenoxy) is 1. The number of ketones is 1. The van der Waals surface area contributed by atoms with Crippen molar-refractivity contribution in [1.29, 1.82) is 0 Å². The Balaban J connectivity index is 1.90. The monoisotopic (exact) mass is 466 g/mol. The van der Waals surface area contributed by atoms with Gasteiger partial charge < -0.3 is 15.8 Å². The van der Waals surface area contributed by atoms with Crippen LogP contribution in [0.15, 0.2) is 33.9 Å². The predicted octanol–water partition coefficient (Wildman–Crippen LogP) is 1.15. The summed E-state index contributed by atoms with van der Waals surface area (Å²) in [6, 6.07) is 5.20. The summed E-state index contributed by atoms with van der Waals surface area (Å²) in [5.74, 6) is -2.84. The quantitative estimate of drug-likeness (QED) is 0.348. The SMILES string of the molecule is CCCn1c(N)c(C(=O)COC(=O)[C@H](C)SCC(=O)Nc2ccc(F)cc2)c(=O)[nH]c1=O. The number of nitrogens with two attached hydrogens (primary N) is 1. The third-order valence-corrected chi connectivity index (χ3v) is 5.36. The molecular formula is C20H23FN4O6S. The zero-order valence-electron chi connectivity index (χ0n) is 17.5. The van der Waals surface area contributed by atoms with Crippen LogP contribution in [0.5, 0.6) is 0 Å². The minimum absolute atomic E-state index is 0.0871. The summed E-state index contributed by atoms with van der Waals surface area (Å²) in [5.41, 5.74) is 4.07. The van der Waals surface area contributed by atoms with E-state index in [-0.39, 0.29) is 18.1 Å². The minimum atomic E-state index is -0.958. The van der Waals surface area contributed by atoms with Crippen LogP contribution in [-0.4, -0.2) is 44.8 Å². The molecule has 0 unspecified atom stereocenters. The van der Waals surface area contributed by atoms with Gasteiger partial charge in [-0.2, -0.15) is 0 Å². The number of hydrogen-bond acceptors (Lipinski definition) is 8. The second-order valence-corrected chi connectivity index (χ2v) is 8.04. The highest BCUT2D eigenvalue weighted by molar-refractivity contribution is 8.01. The third-order valence-electron chi connectivity index (χ3n) is 4.24. The van der Waals surface area contributed by atoms with Crippen LogP contribution in [0.2, 0.25) is 0 Å². The van der Waals surface area contributed by atoms with Crippen LogP contribution in [0.25, 0.3) is 0 Å². The second-order valence-electron chi connectivity index (χ2n) is 6.71. The molecule has 0 aliphatic rings. The van der Waals surface area contributed by atoms with Gasteiger partial charge in [-0.1, -0.05) is 6.92 Å². The number of rotatable bonds is 10. The lowest BCUT2D eigenvalue weighted by Crippen LogP contribution is -2.37. The van der Waals surface area contributed by atoms with Gasteiger partial charge in [0.2, 0.25) is 11.7 Å². The van der Waals surface area contributed by atoms with Crippen LogP contribution in [-0.2, 0) is 20.9 Å². The lowest BCUT2D eigenvalue weighted by molar-refractivity contribution is -0.141. The molecule has 1 aromatic heterocycles. The van der Waals surface area contributed by atoms with E-state index in [1.165, 1.54) is 31.2 Å². The van der Waals surface area contributed by atoms with E-state index in [0.717, 1.165) is 16.3 Å². The standard InChI is InChI=1S/C20H23FN4O6S/c1-3-8-25-17(22)16(18(28)24-20(25)30)14(26)9-31-19(29)11(2)32-10-15(27)23-13-6-4-12(21)5-7-13/h4-7,11H,3,8-10,22H2,1-2H3,(H,23,27)(H,24,28,30)/t11-/m0/s1. The lowest BCUT2D eigenvalue weighted by atomic mass is 10.2.